The summed E-state index contributed by atoms with van der Waals surface area (Å²) in [5.41, 5.74) is 4.53. The molecule has 0 saturated carbocycles. The Bertz CT molecular complexity index is 1210. The SMILES string of the molecule is O=C(NCC1=CNCS1)c1ccc2c(c1)NC(=O)c1ccccc1N2Cc1ccccc1. The number of para-hydroxylation sites is 1. The van der Waals surface area contributed by atoms with Crippen molar-refractivity contribution in [1.82, 2.24) is 10.6 Å². The lowest BCUT2D eigenvalue weighted by Gasteiger charge is -2.26. The molecule has 7 heteroatoms. The third kappa shape index (κ3) is 4.07. The first-order valence-corrected chi connectivity index (χ1v) is 11.4. The van der Waals surface area contributed by atoms with Gasteiger partial charge in [-0.3, -0.25) is 9.59 Å². The summed E-state index contributed by atoms with van der Waals surface area (Å²) in [6.07, 6.45) is 1.92. The number of anilines is 3. The Hall–Kier alpha value is -3.71. The average Bonchev–Trinajstić information content (AvgIpc) is 3.32. The van der Waals surface area contributed by atoms with Gasteiger partial charge >= 0.3 is 0 Å². The molecule has 2 aliphatic heterocycles. The number of benzene rings is 3. The molecular weight excluding hydrogens is 420 g/mol. The van der Waals surface area contributed by atoms with Gasteiger partial charge in [0.15, 0.2) is 0 Å². The molecule has 6 nitrogen and oxygen atoms in total. The monoisotopic (exact) mass is 442 g/mol. The van der Waals surface area contributed by atoms with Crippen LogP contribution >= 0.6 is 11.8 Å². The minimum absolute atomic E-state index is 0.174. The molecule has 0 unspecified atom stereocenters. The molecule has 0 aliphatic carbocycles. The van der Waals surface area contributed by atoms with Gasteiger partial charge in [0.05, 0.1) is 35.0 Å². The molecule has 0 fully saturated rings. The van der Waals surface area contributed by atoms with Gasteiger partial charge in [0.1, 0.15) is 0 Å². The molecule has 0 saturated heterocycles. The summed E-state index contributed by atoms with van der Waals surface area (Å²) >= 11 is 1.67. The van der Waals surface area contributed by atoms with Crippen LogP contribution in [0.2, 0.25) is 0 Å². The van der Waals surface area contributed by atoms with Crippen LogP contribution in [0.5, 0.6) is 0 Å². The van der Waals surface area contributed by atoms with Crippen LogP contribution in [0.4, 0.5) is 17.1 Å². The Labute approximate surface area is 190 Å². The Morgan fingerprint density at radius 2 is 1.81 bits per heavy atom. The summed E-state index contributed by atoms with van der Waals surface area (Å²) in [5.74, 6) is 0.467. The normalized spacial score (nSPS) is 14.4. The van der Waals surface area contributed by atoms with Crippen molar-refractivity contribution in [3.8, 4) is 0 Å². The van der Waals surface area contributed by atoms with E-state index in [1.807, 2.05) is 54.7 Å². The quantitative estimate of drug-likeness (QED) is 0.544. The van der Waals surface area contributed by atoms with Crippen molar-refractivity contribution in [2.75, 3.05) is 22.6 Å². The van der Waals surface area contributed by atoms with E-state index in [2.05, 4.69) is 33.0 Å². The summed E-state index contributed by atoms with van der Waals surface area (Å²) in [6.45, 7) is 1.08. The lowest BCUT2D eigenvalue weighted by molar-refractivity contribution is 0.0956. The highest BCUT2D eigenvalue weighted by atomic mass is 32.2. The average molecular weight is 443 g/mol. The molecule has 0 atom stereocenters. The number of carbonyl (C=O) groups is 2. The van der Waals surface area contributed by atoms with Crippen LogP contribution in [0.1, 0.15) is 26.3 Å². The van der Waals surface area contributed by atoms with E-state index < -0.39 is 0 Å². The summed E-state index contributed by atoms with van der Waals surface area (Å²) < 4.78 is 0. The smallest absolute Gasteiger partial charge is 0.257 e. The van der Waals surface area contributed by atoms with Gasteiger partial charge in [0, 0.05) is 23.2 Å². The number of rotatable bonds is 5. The number of fused-ring (bicyclic) bond motifs is 2. The van der Waals surface area contributed by atoms with Crippen LogP contribution in [-0.2, 0) is 6.54 Å². The van der Waals surface area contributed by atoms with E-state index in [1.54, 1.807) is 23.9 Å². The van der Waals surface area contributed by atoms with E-state index in [-0.39, 0.29) is 11.8 Å². The summed E-state index contributed by atoms with van der Waals surface area (Å²) in [4.78, 5) is 28.9. The largest absolute Gasteiger partial charge is 0.381 e. The molecule has 5 rings (SSSR count). The van der Waals surface area contributed by atoms with Crippen molar-refractivity contribution in [2.24, 2.45) is 0 Å². The first kappa shape index (κ1) is 20.2. The van der Waals surface area contributed by atoms with Crippen LogP contribution in [0.25, 0.3) is 0 Å². The van der Waals surface area contributed by atoms with Crippen molar-refractivity contribution in [3.63, 3.8) is 0 Å². The summed E-state index contributed by atoms with van der Waals surface area (Å²) in [6, 6.07) is 23.2. The highest BCUT2D eigenvalue weighted by molar-refractivity contribution is 8.03. The van der Waals surface area contributed by atoms with Crippen molar-refractivity contribution in [2.45, 2.75) is 6.54 Å². The van der Waals surface area contributed by atoms with Crippen LogP contribution < -0.4 is 20.9 Å². The summed E-state index contributed by atoms with van der Waals surface area (Å²) in [7, 11) is 0. The third-order valence-electron chi connectivity index (χ3n) is 5.45. The lowest BCUT2D eigenvalue weighted by Crippen LogP contribution is -2.25. The topological polar surface area (TPSA) is 73.5 Å². The maximum Gasteiger partial charge on any atom is 0.257 e. The van der Waals surface area contributed by atoms with Gasteiger partial charge in [-0.05, 0) is 35.9 Å². The molecule has 3 N–H and O–H groups in total. The second-order valence-electron chi connectivity index (χ2n) is 7.56. The molecule has 0 aromatic heterocycles. The predicted octanol–water partition coefficient (Wildman–Crippen LogP) is 4.46. The Balaban J connectivity index is 1.49. The van der Waals surface area contributed by atoms with E-state index in [0.29, 0.717) is 29.9 Å². The molecule has 3 aromatic carbocycles. The van der Waals surface area contributed by atoms with Crippen molar-refractivity contribution >= 4 is 40.6 Å². The van der Waals surface area contributed by atoms with Crippen LogP contribution in [0.15, 0.2) is 83.9 Å². The maximum atomic E-state index is 13.0. The molecule has 0 radical (unpaired) electrons. The fraction of sp³-hybridized carbons (Fsp3) is 0.120. The Morgan fingerprint density at radius 1 is 1.00 bits per heavy atom. The van der Waals surface area contributed by atoms with E-state index in [1.165, 1.54) is 0 Å². The van der Waals surface area contributed by atoms with Crippen molar-refractivity contribution in [3.05, 3.63) is 101 Å². The molecule has 2 amide bonds. The first-order valence-electron chi connectivity index (χ1n) is 10.4. The molecule has 0 bridgehead atoms. The van der Waals surface area contributed by atoms with Gasteiger partial charge in [0.25, 0.3) is 11.8 Å². The Morgan fingerprint density at radius 3 is 2.62 bits per heavy atom. The van der Waals surface area contributed by atoms with Crippen LogP contribution in [-0.4, -0.2) is 24.2 Å². The first-order chi connectivity index (χ1) is 15.7. The zero-order valence-corrected chi connectivity index (χ0v) is 18.1. The predicted molar refractivity (Wildman–Crippen MR) is 129 cm³/mol. The molecule has 32 heavy (non-hydrogen) atoms. The van der Waals surface area contributed by atoms with Gasteiger partial charge < -0.3 is 20.9 Å². The van der Waals surface area contributed by atoms with Crippen LogP contribution in [0.3, 0.4) is 0 Å². The molecule has 2 aliphatic rings. The van der Waals surface area contributed by atoms with E-state index >= 15 is 0 Å². The summed E-state index contributed by atoms with van der Waals surface area (Å²) in [5, 5.41) is 9.07. The van der Waals surface area contributed by atoms with Gasteiger partial charge in [-0.15, -0.1) is 11.8 Å². The molecule has 2 heterocycles. The van der Waals surface area contributed by atoms with Crippen LogP contribution in [0, 0.1) is 0 Å². The fourth-order valence-electron chi connectivity index (χ4n) is 3.87. The number of thioether (sulfide) groups is 1. The number of nitrogens with one attached hydrogen (secondary N) is 3. The lowest BCUT2D eigenvalue weighted by atomic mass is 10.1. The maximum absolute atomic E-state index is 13.0. The zero-order valence-electron chi connectivity index (χ0n) is 17.3. The third-order valence-corrected chi connectivity index (χ3v) is 6.39. The Kier molecular flexibility index (Phi) is 5.56. The van der Waals surface area contributed by atoms with Gasteiger partial charge in [0.2, 0.25) is 0 Å². The highest BCUT2D eigenvalue weighted by Gasteiger charge is 2.26. The number of carbonyl (C=O) groups excluding carboxylic acids is 2. The minimum Gasteiger partial charge on any atom is -0.381 e. The minimum atomic E-state index is -0.187. The van der Waals surface area contributed by atoms with Crippen molar-refractivity contribution < 1.29 is 9.59 Å². The zero-order chi connectivity index (χ0) is 21.9. The number of hydrogen-bond acceptors (Lipinski definition) is 5. The van der Waals surface area contributed by atoms with Gasteiger partial charge in [-0.25, -0.2) is 0 Å². The molecule has 160 valence electrons. The van der Waals surface area contributed by atoms with E-state index in [4.69, 9.17) is 0 Å². The van der Waals surface area contributed by atoms with E-state index in [0.717, 1.165) is 27.7 Å². The number of amides is 2. The van der Waals surface area contributed by atoms with Gasteiger partial charge in [-0.2, -0.15) is 0 Å². The standard InChI is InChI=1S/C25H22N4O2S/c30-24(27-14-19-13-26-16-32-19)18-10-11-23-21(12-18)28-25(31)20-8-4-5-9-22(20)29(23)15-17-6-2-1-3-7-17/h1-13,26H,14-16H2,(H,27,30)(H,28,31). The second kappa shape index (κ2) is 8.80. The molecule has 3 aromatic rings. The van der Waals surface area contributed by atoms with E-state index in [9.17, 15) is 9.59 Å². The van der Waals surface area contributed by atoms with Gasteiger partial charge in [-0.1, -0.05) is 42.5 Å². The molecule has 0 spiro atoms. The molecular formula is C25H22N4O2S. The van der Waals surface area contributed by atoms with Crippen molar-refractivity contribution in [1.29, 1.82) is 0 Å². The highest BCUT2D eigenvalue weighted by Crippen LogP contribution is 2.39. The fourth-order valence-corrected chi connectivity index (χ4v) is 4.57. The number of hydrogen-bond donors (Lipinski definition) is 3. The number of nitrogens with zero attached hydrogens (tertiary/aromatic N) is 1. The second-order valence-corrected chi connectivity index (χ2v) is 8.66.